The van der Waals surface area contributed by atoms with Gasteiger partial charge in [-0.1, -0.05) is 24.4 Å². The van der Waals surface area contributed by atoms with Crippen LogP contribution in [0.4, 0.5) is 10.1 Å². The molecule has 21 heavy (non-hydrogen) atoms. The predicted octanol–water partition coefficient (Wildman–Crippen LogP) is 3.79. The molecule has 2 aromatic carbocycles. The number of halogens is 1. The zero-order chi connectivity index (χ0) is 15.4. The first-order valence-corrected chi connectivity index (χ1v) is 7.32. The summed E-state index contributed by atoms with van der Waals surface area (Å²) in [6.07, 6.45) is 0. The van der Waals surface area contributed by atoms with Gasteiger partial charge in [-0.05, 0) is 49.7 Å². The molecule has 0 amide bonds. The van der Waals surface area contributed by atoms with Crippen molar-refractivity contribution < 1.29 is 4.39 Å². The largest absolute Gasteiger partial charge is 0.389 e. The van der Waals surface area contributed by atoms with Gasteiger partial charge in [-0.3, -0.25) is 0 Å². The molecule has 2 aromatic rings. The molecule has 0 aliphatic rings. The number of hydrogen-bond donors (Lipinski definition) is 1. The number of thiocarbonyl (C=S) groups is 1. The summed E-state index contributed by atoms with van der Waals surface area (Å²) in [6.45, 7) is 5.38. The van der Waals surface area contributed by atoms with E-state index in [0.29, 0.717) is 17.7 Å². The lowest BCUT2D eigenvalue weighted by molar-refractivity contribution is 0.605. The van der Waals surface area contributed by atoms with Crippen LogP contribution in [0.25, 0.3) is 0 Å². The van der Waals surface area contributed by atoms with Crippen LogP contribution in [-0.2, 0) is 6.54 Å². The topological polar surface area (TPSA) is 29.3 Å². The molecule has 0 aromatic heterocycles. The fourth-order valence-corrected chi connectivity index (χ4v) is 2.39. The van der Waals surface area contributed by atoms with Crippen molar-refractivity contribution in [2.24, 2.45) is 5.73 Å². The van der Waals surface area contributed by atoms with Crippen LogP contribution < -0.4 is 10.6 Å². The van der Waals surface area contributed by atoms with Gasteiger partial charge in [-0.2, -0.15) is 0 Å². The van der Waals surface area contributed by atoms with E-state index in [4.69, 9.17) is 18.0 Å². The molecule has 0 unspecified atom stereocenters. The highest BCUT2D eigenvalue weighted by Gasteiger charge is 2.11. The van der Waals surface area contributed by atoms with Crippen LogP contribution >= 0.6 is 12.2 Å². The first-order valence-electron chi connectivity index (χ1n) is 6.91. The van der Waals surface area contributed by atoms with E-state index < -0.39 is 0 Å². The van der Waals surface area contributed by atoms with Gasteiger partial charge in [0.15, 0.2) is 0 Å². The molecular weight excluding hydrogens is 283 g/mol. The lowest BCUT2D eigenvalue weighted by Crippen LogP contribution is -2.23. The van der Waals surface area contributed by atoms with Gasteiger partial charge in [-0.15, -0.1) is 0 Å². The minimum Gasteiger partial charge on any atom is -0.389 e. The summed E-state index contributed by atoms with van der Waals surface area (Å²) < 4.78 is 14.0. The number of hydrogen-bond acceptors (Lipinski definition) is 2. The summed E-state index contributed by atoms with van der Waals surface area (Å²) in [7, 11) is 0. The average molecular weight is 302 g/mol. The summed E-state index contributed by atoms with van der Waals surface area (Å²) >= 11 is 4.96. The normalized spacial score (nSPS) is 10.4. The molecule has 0 spiro atoms. The van der Waals surface area contributed by atoms with Gasteiger partial charge in [0.25, 0.3) is 0 Å². The molecule has 0 aliphatic carbocycles. The van der Waals surface area contributed by atoms with E-state index in [1.165, 1.54) is 11.6 Å². The SMILES string of the molecule is CCN(Cc1cc(C(N)=S)ccc1F)c1cccc(C)c1. The highest BCUT2D eigenvalue weighted by molar-refractivity contribution is 7.80. The second kappa shape index (κ2) is 6.68. The molecule has 2 nitrogen and oxygen atoms in total. The Hall–Kier alpha value is -1.94. The molecular formula is C17H19FN2S. The summed E-state index contributed by atoms with van der Waals surface area (Å²) in [6, 6.07) is 13.0. The van der Waals surface area contributed by atoms with Gasteiger partial charge >= 0.3 is 0 Å². The second-order valence-corrected chi connectivity index (χ2v) is 5.46. The second-order valence-electron chi connectivity index (χ2n) is 5.02. The quantitative estimate of drug-likeness (QED) is 0.852. The van der Waals surface area contributed by atoms with Crippen molar-refractivity contribution in [2.75, 3.05) is 11.4 Å². The van der Waals surface area contributed by atoms with Crippen molar-refractivity contribution in [3.05, 3.63) is 65.0 Å². The first-order chi connectivity index (χ1) is 10.0. The minimum absolute atomic E-state index is 0.235. The fraction of sp³-hybridized carbons (Fsp3) is 0.235. The lowest BCUT2D eigenvalue weighted by Gasteiger charge is -2.24. The third kappa shape index (κ3) is 3.79. The van der Waals surface area contributed by atoms with Crippen LogP contribution in [0.15, 0.2) is 42.5 Å². The van der Waals surface area contributed by atoms with Gasteiger partial charge in [0.1, 0.15) is 10.8 Å². The van der Waals surface area contributed by atoms with Crippen molar-refractivity contribution in [3.8, 4) is 0 Å². The maximum atomic E-state index is 14.0. The summed E-state index contributed by atoms with van der Waals surface area (Å²) in [5.41, 5.74) is 9.18. The number of nitrogens with two attached hydrogens (primary N) is 1. The van der Waals surface area contributed by atoms with Gasteiger partial charge < -0.3 is 10.6 Å². The Bertz CT molecular complexity index is 655. The number of nitrogens with zero attached hydrogens (tertiary/aromatic N) is 1. The predicted molar refractivity (Wildman–Crippen MR) is 90.2 cm³/mol. The monoisotopic (exact) mass is 302 g/mol. The molecule has 0 radical (unpaired) electrons. The molecule has 2 N–H and O–H groups in total. The van der Waals surface area contributed by atoms with Crippen molar-refractivity contribution in [2.45, 2.75) is 20.4 Å². The molecule has 0 saturated heterocycles. The van der Waals surface area contributed by atoms with E-state index in [9.17, 15) is 4.39 Å². The van der Waals surface area contributed by atoms with Crippen molar-refractivity contribution in [1.29, 1.82) is 0 Å². The average Bonchev–Trinajstić information content (AvgIpc) is 2.46. The van der Waals surface area contributed by atoms with Crippen LogP contribution in [0, 0.1) is 12.7 Å². The number of benzene rings is 2. The Morgan fingerprint density at radius 2 is 2.00 bits per heavy atom. The van der Waals surface area contributed by atoms with Crippen LogP contribution in [0.1, 0.15) is 23.6 Å². The number of anilines is 1. The van der Waals surface area contributed by atoms with E-state index >= 15 is 0 Å². The van der Waals surface area contributed by atoms with Crippen LogP contribution in [0.5, 0.6) is 0 Å². The van der Waals surface area contributed by atoms with Gasteiger partial charge in [0.2, 0.25) is 0 Å². The minimum atomic E-state index is -0.235. The smallest absolute Gasteiger partial charge is 0.128 e. The van der Waals surface area contributed by atoms with Gasteiger partial charge in [0.05, 0.1) is 0 Å². The Labute approximate surface area is 130 Å². The fourth-order valence-electron chi connectivity index (χ4n) is 2.27. The molecule has 110 valence electrons. The van der Waals surface area contributed by atoms with Crippen LogP contribution in [0.3, 0.4) is 0 Å². The Kier molecular flexibility index (Phi) is 4.91. The van der Waals surface area contributed by atoms with Crippen LogP contribution in [0.2, 0.25) is 0 Å². The van der Waals surface area contributed by atoms with Crippen molar-refractivity contribution >= 4 is 22.9 Å². The van der Waals surface area contributed by atoms with Crippen LogP contribution in [-0.4, -0.2) is 11.5 Å². The van der Waals surface area contributed by atoms with Gasteiger partial charge in [-0.25, -0.2) is 4.39 Å². The zero-order valence-corrected chi connectivity index (χ0v) is 13.1. The van der Waals surface area contributed by atoms with E-state index in [1.54, 1.807) is 12.1 Å². The van der Waals surface area contributed by atoms with Gasteiger partial charge in [0, 0.05) is 29.9 Å². The molecule has 4 heteroatoms. The maximum absolute atomic E-state index is 14.0. The van der Waals surface area contributed by atoms with E-state index in [-0.39, 0.29) is 10.8 Å². The third-order valence-electron chi connectivity index (χ3n) is 3.44. The highest BCUT2D eigenvalue weighted by Crippen LogP contribution is 2.20. The molecule has 0 fully saturated rings. The molecule has 0 atom stereocenters. The first kappa shape index (κ1) is 15.4. The Morgan fingerprint density at radius 3 is 2.62 bits per heavy atom. The summed E-state index contributed by atoms with van der Waals surface area (Å²) in [5, 5.41) is 0. The summed E-state index contributed by atoms with van der Waals surface area (Å²) in [5.74, 6) is -0.235. The third-order valence-corrected chi connectivity index (χ3v) is 3.68. The standard InChI is InChI=1S/C17H19FN2S/c1-3-20(15-6-4-5-12(2)9-15)11-14-10-13(17(19)21)7-8-16(14)18/h4-10H,3,11H2,1-2H3,(H2,19,21). The highest BCUT2D eigenvalue weighted by atomic mass is 32.1. The molecule has 0 bridgehead atoms. The number of rotatable bonds is 5. The lowest BCUT2D eigenvalue weighted by atomic mass is 10.1. The van der Waals surface area contributed by atoms with E-state index in [0.717, 1.165) is 12.2 Å². The molecule has 0 aliphatic heterocycles. The van der Waals surface area contributed by atoms with Crippen molar-refractivity contribution in [3.63, 3.8) is 0 Å². The maximum Gasteiger partial charge on any atom is 0.128 e. The zero-order valence-electron chi connectivity index (χ0n) is 12.3. The Morgan fingerprint density at radius 1 is 1.24 bits per heavy atom. The molecule has 0 saturated carbocycles. The Balaban J connectivity index is 2.30. The van der Waals surface area contributed by atoms with E-state index in [1.807, 2.05) is 25.1 Å². The summed E-state index contributed by atoms with van der Waals surface area (Å²) in [4.78, 5) is 2.41. The van der Waals surface area contributed by atoms with Crippen molar-refractivity contribution in [1.82, 2.24) is 0 Å². The van der Waals surface area contributed by atoms with E-state index in [2.05, 4.69) is 17.9 Å². The molecule has 0 heterocycles. The number of aryl methyl sites for hydroxylation is 1. The molecule has 2 rings (SSSR count).